The predicted octanol–water partition coefficient (Wildman–Crippen LogP) is 4.46. The lowest BCUT2D eigenvalue weighted by Gasteiger charge is -2.19. The molecule has 0 unspecified atom stereocenters. The quantitative estimate of drug-likeness (QED) is 0.398. The van der Waals surface area contributed by atoms with Crippen molar-refractivity contribution >= 4 is 46.6 Å². The second kappa shape index (κ2) is 7.63. The number of rotatable bonds is 5. The molecule has 0 amide bonds. The van der Waals surface area contributed by atoms with Crippen LogP contribution in [0.1, 0.15) is 0 Å². The van der Waals surface area contributed by atoms with Crippen molar-refractivity contribution in [3.8, 4) is 11.5 Å². The monoisotopic (exact) mass is 435 g/mol. The van der Waals surface area contributed by atoms with E-state index in [0.29, 0.717) is 36.4 Å². The second-order valence-electron chi connectivity index (χ2n) is 7.61. The molecule has 1 aliphatic heterocycles. The zero-order chi connectivity index (χ0) is 21.4. The van der Waals surface area contributed by atoms with Crippen molar-refractivity contribution in [1.82, 2.24) is 15.0 Å². The molecule has 5 rings (SSSR count). The normalized spacial score (nSPS) is 13.2. The van der Waals surface area contributed by atoms with Gasteiger partial charge >= 0.3 is 0 Å². The van der Waals surface area contributed by atoms with Gasteiger partial charge in [-0.05, 0) is 43.7 Å². The lowest BCUT2D eigenvalue weighted by Crippen LogP contribution is -2.15. The van der Waals surface area contributed by atoms with E-state index in [9.17, 15) is 4.57 Å². The molecule has 8 nitrogen and oxygen atoms in total. The summed E-state index contributed by atoms with van der Waals surface area (Å²) < 4.78 is 24.0. The van der Waals surface area contributed by atoms with Crippen molar-refractivity contribution in [3.63, 3.8) is 0 Å². The number of benzene rings is 2. The summed E-state index contributed by atoms with van der Waals surface area (Å²) in [5, 5.41) is 8.20. The molecule has 0 saturated heterocycles. The fraction of sp³-hybridized carbons (Fsp3) is 0.182. The van der Waals surface area contributed by atoms with Gasteiger partial charge in [0.25, 0.3) is 0 Å². The number of nitrogens with one attached hydrogen (secondary N) is 3. The van der Waals surface area contributed by atoms with Gasteiger partial charge in [-0.1, -0.05) is 12.1 Å². The molecule has 0 saturated carbocycles. The molecule has 0 radical (unpaired) electrons. The molecule has 158 valence electrons. The van der Waals surface area contributed by atoms with Gasteiger partial charge in [-0.3, -0.25) is 0 Å². The van der Waals surface area contributed by atoms with Crippen molar-refractivity contribution in [1.29, 1.82) is 0 Å². The van der Waals surface area contributed by atoms with Crippen molar-refractivity contribution < 1.29 is 14.0 Å². The molecule has 3 heterocycles. The molecule has 31 heavy (non-hydrogen) atoms. The lowest BCUT2D eigenvalue weighted by molar-refractivity contribution is 0.171. The third kappa shape index (κ3) is 3.94. The first-order chi connectivity index (χ1) is 15.0. The standard InChI is InChI=1S/C22H22N5O3P/c1-31(2,28)19-6-4-3-5-16(19)25-21-15-9-10-23-20(15)26-22(27-21)24-14-7-8-17-18(13-14)30-12-11-29-17/h3-10,13H,11-12H2,1-2H3,(H3,23,24,25,26,27). The van der Waals surface area contributed by atoms with Crippen LogP contribution in [0.25, 0.3) is 11.0 Å². The number of aromatic nitrogens is 3. The highest BCUT2D eigenvalue weighted by molar-refractivity contribution is 7.70. The van der Waals surface area contributed by atoms with E-state index >= 15 is 0 Å². The minimum Gasteiger partial charge on any atom is -0.486 e. The summed E-state index contributed by atoms with van der Waals surface area (Å²) in [7, 11) is -2.47. The Morgan fingerprint density at radius 1 is 0.968 bits per heavy atom. The largest absolute Gasteiger partial charge is 0.486 e. The van der Waals surface area contributed by atoms with Crippen LogP contribution in [0, 0.1) is 0 Å². The van der Waals surface area contributed by atoms with Crippen LogP contribution in [0.2, 0.25) is 0 Å². The Morgan fingerprint density at radius 3 is 2.61 bits per heavy atom. The summed E-state index contributed by atoms with van der Waals surface area (Å²) in [5.41, 5.74) is 2.24. The highest BCUT2D eigenvalue weighted by Gasteiger charge is 2.18. The van der Waals surface area contributed by atoms with E-state index < -0.39 is 7.14 Å². The van der Waals surface area contributed by atoms with Gasteiger partial charge in [0.15, 0.2) is 11.5 Å². The average Bonchev–Trinajstić information content (AvgIpc) is 3.22. The predicted molar refractivity (Wildman–Crippen MR) is 123 cm³/mol. The van der Waals surface area contributed by atoms with E-state index in [-0.39, 0.29) is 0 Å². The van der Waals surface area contributed by atoms with Gasteiger partial charge in [-0.25, -0.2) is 0 Å². The summed E-state index contributed by atoms with van der Waals surface area (Å²) in [6.07, 6.45) is 1.81. The molecule has 3 N–H and O–H groups in total. The Bertz CT molecular complexity index is 1310. The average molecular weight is 435 g/mol. The minimum absolute atomic E-state index is 0.419. The summed E-state index contributed by atoms with van der Waals surface area (Å²) in [5.74, 6) is 2.45. The summed E-state index contributed by atoms with van der Waals surface area (Å²) in [4.78, 5) is 12.4. The molecule has 0 bridgehead atoms. The van der Waals surface area contributed by atoms with E-state index in [1.54, 1.807) is 13.3 Å². The molecule has 1 aliphatic rings. The zero-order valence-corrected chi connectivity index (χ0v) is 18.1. The molecular weight excluding hydrogens is 413 g/mol. The third-order valence-corrected chi connectivity index (χ3v) is 6.50. The van der Waals surface area contributed by atoms with E-state index in [1.807, 2.05) is 54.7 Å². The van der Waals surface area contributed by atoms with Gasteiger partial charge in [-0.15, -0.1) is 0 Å². The summed E-state index contributed by atoms with van der Waals surface area (Å²) in [6.45, 7) is 4.58. The highest BCUT2D eigenvalue weighted by atomic mass is 31.2. The summed E-state index contributed by atoms with van der Waals surface area (Å²) >= 11 is 0. The van der Waals surface area contributed by atoms with E-state index in [4.69, 9.17) is 9.47 Å². The molecule has 0 fully saturated rings. The van der Waals surface area contributed by atoms with Gasteiger partial charge in [-0.2, -0.15) is 9.97 Å². The zero-order valence-electron chi connectivity index (χ0n) is 17.2. The Labute approximate surface area is 179 Å². The van der Waals surface area contributed by atoms with Crippen LogP contribution in [0.4, 0.5) is 23.1 Å². The van der Waals surface area contributed by atoms with Crippen LogP contribution >= 0.6 is 7.14 Å². The topological polar surface area (TPSA) is 101 Å². The Balaban J connectivity index is 1.51. The Hall–Kier alpha value is -3.51. The molecule has 2 aromatic heterocycles. The number of anilines is 4. The molecule has 2 aromatic carbocycles. The molecule has 9 heteroatoms. The van der Waals surface area contributed by atoms with Crippen LogP contribution in [0.3, 0.4) is 0 Å². The number of para-hydroxylation sites is 1. The molecular formula is C22H22N5O3P. The van der Waals surface area contributed by atoms with E-state index in [0.717, 1.165) is 27.8 Å². The van der Waals surface area contributed by atoms with Gasteiger partial charge < -0.3 is 29.7 Å². The number of ether oxygens (including phenoxy) is 2. The van der Waals surface area contributed by atoms with Crippen molar-refractivity contribution in [3.05, 3.63) is 54.7 Å². The maximum absolute atomic E-state index is 12.8. The van der Waals surface area contributed by atoms with E-state index in [2.05, 4.69) is 25.6 Å². The third-order valence-electron chi connectivity index (χ3n) is 4.95. The number of nitrogens with zero attached hydrogens (tertiary/aromatic N) is 2. The number of H-pyrrole nitrogens is 1. The smallest absolute Gasteiger partial charge is 0.231 e. The Morgan fingerprint density at radius 2 is 1.77 bits per heavy atom. The highest BCUT2D eigenvalue weighted by Crippen LogP contribution is 2.39. The van der Waals surface area contributed by atoms with Crippen LogP contribution in [-0.2, 0) is 4.57 Å². The van der Waals surface area contributed by atoms with Crippen LogP contribution in [0.5, 0.6) is 11.5 Å². The summed E-state index contributed by atoms with van der Waals surface area (Å²) in [6, 6.07) is 15.1. The van der Waals surface area contributed by atoms with Crippen LogP contribution < -0.4 is 25.4 Å². The first-order valence-corrected chi connectivity index (χ1v) is 12.5. The Kier molecular flexibility index (Phi) is 4.79. The van der Waals surface area contributed by atoms with Crippen molar-refractivity contribution in [2.75, 3.05) is 37.2 Å². The fourth-order valence-corrected chi connectivity index (χ4v) is 4.67. The van der Waals surface area contributed by atoms with Crippen molar-refractivity contribution in [2.45, 2.75) is 0 Å². The number of hydrogen-bond donors (Lipinski definition) is 3. The van der Waals surface area contributed by atoms with Crippen molar-refractivity contribution in [2.24, 2.45) is 0 Å². The molecule has 4 aromatic rings. The molecule has 0 spiro atoms. The maximum Gasteiger partial charge on any atom is 0.231 e. The maximum atomic E-state index is 12.8. The van der Waals surface area contributed by atoms with Gasteiger partial charge in [0.2, 0.25) is 5.95 Å². The van der Waals surface area contributed by atoms with Gasteiger partial charge in [0.1, 0.15) is 31.8 Å². The fourth-order valence-electron chi connectivity index (χ4n) is 3.52. The lowest BCUT2D eigenvalue weighted by atomic mass is 10.2. The second-order valence-corrected chi connectivity index (χ2v) is 10.8. The molecule has 0 aliphatic carbocycles. The van der Waals surface area contributed by atoms with Crippen LogP contribution in [-0.4, -0.2) is 41.5 Å². The number of aromatic amines is 1. The number of fused-ring (bicyclic) bond motifs is 2. The molecule has 0 atom stereocenters. The first kappa shape index (κ1) is 19.5. The SMILES string of the molecule is CP(C)(=O)c1ccccc1Nc1nc(Nc2ccc3c(c2)OCCO3)nc2[nH]ccc12. The van der Waals surface area contributed by atoms with Gasteiger partial charge in [0, 0.05) is 23.3 Å². The minimum atomic E-state index is -2.47. The number of hydrogen-bond acceptors (Lipinski definition) is 7. The first-order valence-electron chi connectivity index (χ1n) is 9.91. The van der Waals surface area contributed by atoms with Crippen LogP contribution in [0.15, 0.2) is 54.7 Å². The van der Waals surface area contributed by atoms with Gasteiger partial charge in [0.05, 0.1) is 11.1 Å². The van der Waals surface area contributed by atoms with E-state index in [1.165, 1.54) is 0 Å².